The van der Waals surface area contributed by atoms with Gasteiger partial charge in [0.15, 0.2) is 0 Å². The van der Waals surface area contributed by atoms with Crippen LogP contribution in [0.15, 0.2) is 24.3 Å². The van der Waals surface area contributed by atoms with E-state index in [1.807, 2.05) is 4.90 Å². The van der Waals surface area contributed by atoms with Crippen molar-refractivity contribution in [1.82, 2.24) is 9.80 Å². The van der Waals surface area contributed by atoms with E-state index in [9.17, 15) is 18.8 Å². The third kappa shape index (κ3) is 7.50. The maximum absolute atomic E-state index is 12.9. The molecular formula is C24H34FN3O3S. The molecule has 0 bridgehead atoms. The fourth-order valence-corrected chi connectivity index (χ4v) is 5.16. The molecule has 3 amide bonds. The molecule has 2 aliphatic rings. The van der Waals surface area contributed by atoms with Gasteiger partial charge in [-0.2, -0.15) is 0 Å². The molecule has 8 heteroatoms. The predicted molar refractivity (Wildman–Crippen MR) is 126 cm³/mol. The molecule has 1 N–H and O–H groups in total. The second-order valence-electron chi connectivity index (χ2n) is 8.76. The van der Waals surface area contributed by atoms with Crippen LogP contribution in [0.3, 0.4) is 0 Å². The minimum Gasteiger partial charge on any atom is -0.339 e. The topological polar surface area (TPSA) is 69.7 Å². The third-order valence-electron chi connectivity index (χ3n) is 6.38. The maximum Gasteiger partial charge on any atom is 0.235 e. The number of piperazine rings is 1. The SMILES string of the molecule is CC(SCC(=O)Nc1ccc(F)cc1)C(=O)N1CCN(C(=O)CCC2CCCCC2)CC1. The number of hydrogen-bond acceptors (Lipinski definition) is 4. The Hall–Kier alpha value is -2.09. The van der Waals surface area contributed by atoms with E-state index in [-0.39, 0.29) is 34.5 Å². The molecule has 32 heavy (non-hydrogen) atoms. The number of carbonyl (C=O) groups excluding carboxylic acids is 3. The van der Waals surface area contributed by atoms with Crippen LogP contribution in [0.25, 0.3) is 0 Å². The smallest absolute Gasteiger partial charge is 0.235 e. The highest BCUT2D eigenvalue weighted by molar-refractivity contribution is 8.01. The van der Waals surface area contributed by atoms with E-state index in [2.05, 4.69) is 5.32 Å². The van der Waals surface area contributed by atoms with Crippen LogP contribution < -0.4 is 5.32 Å². The highest BCUT2D eigenvalue weighted by Crippen LogP contribution is 2.27. The van der Waals surface area contributed by atoms with Crippen LogP contribution in [-0.2, 0) is 14.4 Å². The molecule has 1 aliphatic heterocycles. The molecule has 1 aromatic carbocycles. The number of nitrogens with one attached hydrogen (secondary N) is 1. The summed E-state index contributed by atoms with van der Waals surface area (Å²) in [5.74, 6) is 0.469. The van der Waals surface area contributed by atoms with E-state index in [0.29, 0.717) is 44.2 Å². The minimum absolute atomic E-state index is 0.00103. The molecule has 1 heterocycles. The van der Waals surface area contributed by atoms with E-state index < -0.39 is 0 Å². The van der Waals surface area contributed by atoms with Crippen LogP contribution in [0.1, 0.15) is 51.9 Å². The summed E-state index contributed by atoms with van der Waals surface area (Å²) in [6.07, 6.45) is 8.04. The number of anilines is 1. The highest BCUT2D eigenvalue weighted by atomic mass is 32.2. The number of rotatable bonds is 8. The Morgan fingerprint density at radius 2 is 1.66 bits per heavy atom. The van der Waals surface area contributed by atoms with E-state index in [4.69, 9.17) is 0 Å². The molecule has 1 unspecified atom stereocenters. The number of amides is 3. The largest absolute Gasteiger partial charge is 0.339 e. The number of nitrogens with zero attached hydrogens (tertiary/aromatic N) is 2. The zero-order valence-electron chi connectivity index (χ0n) is 18.9. The molecule has 1 saturated carbocycles. The number of hydrogen-bond donors (Lipinski definition) is 1. The van der Waals surface area contributed by atoms with Crippen molar-refractivity contribution in [3.05, 3.63) is 30.1 Å². The second-order valence-corrected chi connectivity index (χ2v) is 10.1. The lowest BCUT2D eigenvalue weighted by atomic mass is 9.86. The maximum atomic E-state index is 12.9. The first-order valence-electron chi connectivity index (χ1n) is 11.7. The lowest BCUT2D eigenvalue weighted by Crippen LogP contribution is -2.52. The minimum atomic E-state index is -0.359. The van der Waals surface area contributed by atoms with Crippen molar-refractivity contribution < 1.29 is 18.8 Å². The summed E-state index contributed by atoms with van der Waals surface area (Å²) < 4.78 is 12.9. The number of benzene rings is 1. The van der Waals surface area contributed by atoms with Gasteiger partial charge in [0, 0.05) is 38.3 Å². The summed E-state index contributed by atoms with van der Waals surface area (Å²) in [5, 5.41) is 2.36. The fourth-order valence-electron chi connectivity index (χ4n) is 4.40. The Morgan fingerprint density at radius 1 is 1.03 bits per heavy atom. The lowest BCUT2D eigenvalue weighted by Gasteiger charge is -2.36. The molecule has 0 spiro atoms. The third-order valence-corrected chi connectivity index (χ3v) is 7.51. The van der Waals surface area contributed by atoms with E-state index >= 15 is 0 Å². The summed E-state index contributed by atoms with van der Waals surface area (Å²) in [5.41, 5.74) is 0.528. The van der Waals surface area contributed by atoms with Crippen molar-refractivity contribution in [2.75, 3.05) is 37.2 Å². The molecule has 1 aromatic rings. The standard InChI is InChI=1S/C24H34FN3O3S/c1-18(32-17-22(29)26-21-10-8-20(25)9-11-21)24(31)28-15-13-27(14-16-28)23(30)12-7-19-5-3-2-4-6-19/h8-11,18-19H,2-7,12-17H2,1H3,(H,26,29). The van der Waals surface area contributed by atoms with Gasteiger partial charge in [0.2, 0.25) is 17.7 Å². The van der Waals surface area contributed by atoms with Crippen LogP contribution in [0.4, 0.5) is 10.1 Å². The molecule has 3 rings (SSSR count). The average Bonchev–Trinajstić information content (AvgIpc) is 2.82. The van der Waals surface area contributed by atoms with Gasteiger partial charge in [-0.25, -0.2) is 4.39 Å². The molecule has 0 aromatic heterocycles. The first-order chi connectivity index (χ1) is 15.4. The van der Waals surface area contributed by atoms with Gasteiger partial charge in [0.1, 0.15) is 5.82 Å². The normalized spacial score (nSPS) is 18.3. The van der Waals surface area contributed by atoms with Gasteiger partial charge in [-0.15, -0.1) is 11.8 Å². The number of halogens is 1. The van der Waals surface area contributed by atoms with Crippen LogP contribution in [0, 0.1) is 11.7 Å². The summed E-state index contributed by atoms with van der Waals surface area (Å²) in [4.78, 5) is 41.1. The first-order valence-corrected chi connectivity index (χ1v) is 12.7. The zero-order chi connectivity index (χ0) is 22.9. The Balaban J connectivity index is 1.34. The van der Waals surface area contributed by atoms with Gasteiger partial charge in [0.25, 0.3) is 0 Å². The van der Waals surface area contributed by atoms with E-state index in [1.165, 1.54) is 68.1 Å². The number of thioether (sulfide) groups is 1. The zero-order valence-corrected chi connectivity index (χ0v) is 19.7. The lowest BCUT2D eigenvalue weighted by molar-refractivity contribution is -0.139. The van der Waals surface area contributed by atoms with Crippen LogP contribution >= 0.6 is 11.8 Å². The van der Waals surface area contributed by atoms with E-state index in [1.54, 1.807) is 11.8 Å². The fraction of sp³-hybridized carbons (Fsp3) is 0.625. The van der Waals surface area contributed by atoms with Crippen LogP contribution in [0.5, 0.6) is 0 Å². The van der Waals surface area contributed by atoms with Crippen LogP contribution in [-0.4, -0.2) is 64.7 Å². The van der Waals surface area contributed by atoms with Crippen molar-refractivity contribution in [1.29, 1.82) is 0 Å². The van der Waals surface area contributed by atoms with Gasteiger partial charge in [-0.3, -0.25) is 14.4 Å². The summed E-state index contributed by atoms with van der Waals surface area (Å²) >= 11 is 1.28. The second kappa shape index (κ2) is 12.2. The molecule has 176 valence electrons. The van der Waals surface area contributed by atoms with Crippen LogP contribution in [0.2, 0.25) is 0 Å². The number of carbonyl (C=O) groups is 3. The molecule has 2 fully saturated rings. The molecule has 6 nitrogen and oxygen atoms in total. The monoisotopic (exact) mass is 463 g/mol. The molecule has 1 aliphatic carbocycles. The van der Waals surface area contributed by atoms with Crippen molar-refractivity contribution in [3.8, 4) is 0 Å². The van der Waals surface area contributed by atoms with Gasteiger partial charge in [-0.1, -0.05) is 32.1 Å². The molecule has 0 radical (unpaired) electrons. The van der Waals surface area contributed by atoms with Crippen molar-refractivity contribution in [2.24, 2.45) is 5.92 Å². The van der Waals surface area contributed by atoms with Gasteiger partial charge in [-0.05, 0) is 43.5 Å². The Morgan fingerprint density at radius 3 is 2.31 bits per heavy atom. The van der Waals surface area contributed by atoms with Gasteiger partial charge in [0.05, 0.1) is 11.0 Å². The Labute approximate surface area is 194 Å². The van der Waals surface area contributed by atoms with Crippen molar-refractivity contribution in [2.45, 2.75) is 57.1 Å². The summed E-state index contributed by atoms with van der Waals surface area (Å²) in [7, 11) is 0. The average molecular weight is 464 g/mol. The highest BCUT2D eigenvalue weighted by Gasteiger charge is 2.27. The quantitative estimate of drug-likeness (QED) is 0.635. The summed E-state index contributed by atoms with van der Waals surface area (Å²) in [6, 6.07) is 5.58. The van der Waals surface area contributed by atoms with E-state index in [0.717, 1.165) is 6.42 Å². The summed E-state index contributed by atoms with van der Waals surface area (Å²) in [6.45, 7) is 4.05. The van der Waals surface area contributed by atoms with Gasteiger partial charge < -0.3 is 15.1 Å². The molecule has 1 atom stereocenters. The van der Waals surface area contributed by atoms with Crippen molar-refractivity contribution in [3.63, 3.8) is 0 Å². The van der Waals surface area contributed by atoms with Crippen molar-refractivity contribution >= 4 is 35.2 Å². The Kier molecular flexibility index (Phi) is 9.38. The molecule has 1 saturated heterocycles. The van der Waals surface area contributed by atoms with Gasteiger partial charge >= 0.3 is 0 Å². The Bertz CT molecular complexity index is 775. The first kappa shape index (κ1) is 24.6. The predicted octanol–water partition coefficient (Wildman–Crippen LogP) is 3.92. The molecular weight excluding hydrogens is 429 g/mol.